The van der Waals surface area contributed by atoms with Crippen LogP contribution >= 0.6 is 0 Å². The average Bonchev–Trinajstić information content (AvgIpc) is 3.72. The molecule has 232 valence electrons. The summed E-state index contributed by atoms with van der Waals surface area (Å²) >= 11 is 0. The van der Waals surface area contributed by atoms with E-state index in [4.69, 9.17) is 19.4 Å². The summed E-state index contributed by atoms with van der Waals surface area (Å²) in [6, 6.07) is 56.0. The minimum atomic E-state index is -0.892. The smallest absolute Gasteiger partial charge is 0.164 e. The first kappa shape index (κ1) is 28.1. The Morgan fingerprint density at radius 2 is 1.24 bits per heavy atom. The van der Waals surface area contributed by atoms with Gasteiger partial charge in [0.25, 0.3) is 0 Å². The molecule has 2 heterocycles. The van der Waals surface area contributed by atoms with Gasteiger partial charge in [0.1, 0.15) is 16.6 Å². The Hall–Kier alpha value is -6.90. The van der Waals surface area contributed by atoms with Crippen molar-refractivity contribution in [1.29, 1.82) is 5.26 Å². The summed E-state index contributed by atoms with van der Waals surface area (Å²) in [6.45, 7) is 0. The molecule has 0 bridgehead atoms. The monoisotopic (exact) mass is 638 g/mol. The fourth-order valence-corrected chi connectivity index (χ4v) is 7.81. The molecule has 0 fully saturated rings. The first-order chi connectivity index (χ1) is 24.7. The molecule has 2 aromatic heterocycles. The minimum Gasteiger partial charge on any atom is -0.456 e. The number of rotatable bonds is 4. The van der Waals surface area contributed by atoms with E-state index < -0.39 is 5.41 Å². The highest BCUT2D eigenvalue weighted by Crippen LogP contribution is 2.55. The number of benzene rings is 7. The first-order valence-electron chi connectivity index (χ1n) is 16.6. The van der Waals surface area contributed by atoms with Crippen molar-refractivity contribution in [3.05, 3.63) is 186 Å². The Balaban J connectivity index is 1.35. The number of para-hydroxylation sites is 1. The molecule has 1 aliphatic carbocycles. The molecule has 0 N–H and O–H groups in total. The number of nitriles is 1. The van der Waals surface area contributed by atoms with Crippen LogP contribution in [-0.4, -0.2) is 15.0 Å². The van der Waals surface area contributed by atoms with Crippen LogP contribution in [0.3, 0.4) is 0 Å². The van der Waals surface area contributed by atoms with Crippen LogP contribution in [0.5, 0.6) is 0 Å². The maximum atomic E-state index is 9.93. The Labute approximate surface area is 287 Å². The molecule has 0 saturated carbocycles. The van der Waals surface area contributed by atoms with E-state index in [1.807, 2.05) is 66.7 Å². The number of furan rings is 1. The molecule has 0 amide bonds. The van der Waals surface area contributed by atoms with Crippen LogP contribution < -0.4 is 0 Å². The maximum Gasteiger partial charge on any atom is 0.164 e. The normalized spacial score (nSPS) is 14.9. The van der Waals surface area contributed by atoms with Gasteiger partial charge < -0.3 is 4.42 Å². The highest BCUT2D eigenvalue weighted by Gasteiger charge is 2.49. The lowest BCUT2D eigenvalue weighted by Gasteiger charge is -2.32. The summed E-state index contributed by atoms with van der Waals surface area (Å²) in [6.07, 6.45) is 0. The molecular weight excluding hydrogens is 613 g/mol. The van der Waals surface area contributed by atoms with Gasteiger partial charge in [-0.3, -0.25) is 0 Å². The maximum absolute atomic E-state index is 9.93. The summed E-state index contributed by atoms with van der Waals surface area (Å²) in [5.41, 5.74) is 8.24. The van der Waals surface area contributed by atoms with Crippen molar-refractivity contribution in [2.24, 2.45) is 0 Å². The fourth-order valence-electron chi connectivity index (χ4n) is 7.81. The van der Waals surface area contributed by atoms with Crippen LogP contribution in [0.15, 0.2) is 162 Å². The molecule has 10 rings (SSSR count). The molecule has 5 nitrogen and oxygen atoms in total. The number of hydrogen-bond acceptors (Lipinski definition) is 5. The molecule has 0 spiro atoms. The SMILES string of the molecule is N#Cc1ccc2c(c1)-c1ccccc1C2(c1ccccc1)c1nc(-c2ccc3ccccc3c2)nc(-c2cccc3oc4ccccc4c23)n1. The summed E-state index contributed by atoms with van der Waals surface area (Å²) < 4.78 is 6.31. The van der Waals surface area contributed by atoms with Crippen LogP contribution in [-0.2, 0) is 5.41 Å². The van der Waals surface area contributed by atoms with Gasteiger partial charge in [-0.05, 0) is 68.9 Å². The zero-order valence-electron chi connectivity index (χ0n) is 26.7. The average molecular weight is 639 g/mol. The van der Waals surface area contributed by atoms with E-state index in [1.54, 1.807) is 0 Å². The Morgan fingerprint density at radius 1 is 0.520 bits per heavy atom. The second-order valence-electron chi connectivity index (χ2n) is 12.7. The van der Waals surface area contributed by atoms with E-state index in [0.29, 0.717) is 23.0 Å². The van der Waals surface area contributed by atoms with Gasteiger partial charge in [0.15, 0.2) is 17.5 Å². The molecule has 50 heavy (non-hydrogen) atoms. The third kappa shape index (κ3) is 4.03. The summed E-state index contributed by atoms with van der Waals surface area (Å²) in [7, 11) is 0. The van der Waals surface area contributed by atoms with Crippen LogP contribution in [0.1, 0.15) is 28.1 Å². The standard InChI is InChI=1S/C45H26N4O/c46-27-28-21-24-38-36(25-28)33-15-6-8-18-37(33)45(38,32-13-2-1-3-14-32)44-48-42(31-23-22-29-11-4-5-12-30(29)26-31)47-43(49-44)35-17-10-20-40-41(35)34-16-7-9-19-39(34)50-40/h1-26H. The summed E-state index contributed by atoms with van der Waals surface area (Å²) in [4.78, 5) is 16.1. The molecule has 0 saturated heterocycles. The second kappa shape index (κ2) is 10.8. The van der Waals surface area contributed by atoms with Crippen LogP contribution in [0.4, 0.5) is 0 Å². The molecule has 1 unspecified atom stereocenters. The van der Waals surface area contributed by atoms with E-state index in [2.05, 4.69) is 97.1 Å². The Bertz CT molecular complexity index is 2850. The number of nitrogens with zero attached hydrogens (tertiary/aromatic N) is 4. The number of hydrogen-bond donors (Lipinski definition) is 0. The van der Waals surface area contributed by atoms with Crippen molar-refractivity contribution in [3.63, 3.8) is 0 Å². The topological polar surface area (TPSA) is 75.6 Å². The van der Waals surface area contributed by atoms with Crippen LogP contribution in [0.25, 0.3) is 66.6 Å². The zero-order chi connectivity index (χ0) is 33.2. The van der Waals surface area contributed by atoms with Gasteiger partial charge in [-0.25, -0.2) is 15.0 Å². The van der Waals surface area contributed by atoms with Crippen molar-refractivity contribution in [1.82, 2.24) is 15.0 Å². The predicted octanol–water partition coefficient (Wildman–Crippen LogP) is 10.5. The van der Waals surface area contributed by atoms with Crippen molar-refractivity contribution >= 4 is 32.7 Å². The van der Waals surface area contributed by atoms with Crippen LogP contribution in [0, 0.1) is 11.3 Å². The molecule has 0 radical (unpaired) electrons. The van der Waals surface area contributed by atoms with E-state index >= 15 is 0 Å². The first-order valence-corrected chi connectivity index (χ1v) is 16.6. The lowest BCUT2D eigenvalue weighted by molar-refractivity contribution is 0.669. The van der Waals surface area contributed by atoms with Gasteiger partial charge in [0, 0.05) is 21.9 Å². The highest BCUT2D eigenvalue weighted by molar-refractivity contribution is 6.11. The Morgan fingerprint density at radius 3 is 2.14 bits per heavy atom. The third-order valence-corrected chi connectivity index (χ3v) is 10.0. The third-order valence-electron chi connectivity index (χ3n) is 10.0. The van der Waals surface area contributed by atoms with E-state index in [0.717, 1.165) is 71.7 Å². The van der Waals surface area contributed by atoms with Crippen molar-refractivity contribution in [2.45, 2.75) is 5.41 Å². The van der Waals surface area contributed by atoms with Gasteiger partial charge in [-0.1, -0.05) is 127 Å². The number of fused-ring (bicyclic) bond motifs is 7. The molecule has 0 aliphatic heterocycles. The highest BCUT2D eigenvalue weighted by atomic mass is 16.3. The van der Waals surface area contributed by atoms with Gasteiger partial charge in [-0.15, -0.1) is 0 Å². The molecule has 1 atom stereocenters. The molecule has 9 aromatic rings. The van der Waals surface area contributed by atoms with Crippen molar-refractivity contribution < 1.29 is 4.42 Å². The molecular formula is C45H26N4O. The van der Waals surface area contributed by atoms with Crippen molar-refractivity contribution in [2.75, 3.05) is 0 Å². The van der Waals surface area contributed by atoms with Crippen molar-refractivity contribution in [3.8, 4) is 40.0 Å². The summed E-state index contributed by atoms with van der Waals surface area (Å²) in [5, 5.41) is 14.2. The molecule has 1 aliphatic rings. The largest absolute Gasteiger partial charge is 0.456 e. The lowest BCUT2D eigenvalue weighted by Crippen LogP contribution is -2.31. The van der Waals surface area contributed by atoms with E-state index in [1.165, 1.54) is 0 Å². The van der Waals surface area contributed by atoms with Gasteiger partial charge in [0.05, 0.1) is 11.6 Å². The number of aromatic nitrogens is 3. The van der Waals surface area contributed by atoms with Gasteiger partial charge in [0.2, 0.25) is 0 Å². The zero-order valence-corrected chi connectivity index (χ0v) is 26.7. The molecule has 7 aromatic carbocycles. The van der Waals surface area contributed by atoms with E-state index in [9.17, 15) is 5.26 Å². The minimum absolute atomic E-state index is 0.560. The van der Waals surface area contributed by atoms with Crippen LogP contribution in [0.2, 0.25) is 0 Å². The lowest BCUT2D eigenvalue weighted by atomic mass is 9.71. The predicted molar refractivity (Wildman–Crippen MR) is 198 cm³/mol. The summed E-state index contributed by atoms with van der Waals surface area (Å²) in [5.74, 6) is 1.75. The fraction of sp³-hybridized carbons (Fsp3) is 0.0222. The molecule has 5 heteroatoms. The Kier molecular flexibility index (Phi) is 6.09. The second-order valence-corrected chi connectivity index (χ2v) is 12.7. The van der Waals surface area contributed by atoms with Gasteiger partial charge in [-0.2, -0.15) is 5.26 Å². The van der Waals surface area contributed by atoms with Gasteiger partial charge >= 0.3 is 0 Å². The van der Waals surface area contributed by atoms with E-state index in [-0.39, 0.29) is 0 Å². The quantitative estimate of drug-likeness (QED) is 0.192.